The Labute approximate surface area is 153 Å². The summed E-state index contributed by atoms with van der Waals surface area (Å²) in [6, 6.07) is 4.34. The smallest absolute Gasteiger partial charge is 0.226 e. The second-order valence-corrected chi connectivity index (χ2v) is 7.52. The largest absolute Gasteiger partial charge is 0.355 e. The summed E-state index contributed by atoms with van der Waals surface area (Å²) in [4.78, 5) is 23.3. The van der Waals surface area contributed by atoms with Gasteiger partial charge < -0.3 is 10.2 Å². The average Bonchev–Trinajstić information content (AvgIpc) is 2.93. The quantitative estimate of drug-likeness (QED) is 0.911. The Morgan fingerprint density at radius 3 is 2.50 bits per heavy atom. The summed E-state index contributed by atoms with van der Waals surface area (Å²) in [5.74, 6) is 1.87. The van der Waals surface area contributed by atoms with E-state index in [9.17, 15) is 4.79 Å². The van der Waals surface area contributed by atoms with Gasteiger partial charge in [-0.25, -0.2) is 14.6 Å². The third-order valence-electron chi connectivity index (χ3n) is 5.39. The zero-order valence-electron chi connectivity index (χ0n) is 15.5. The number of anilines is 1. The molecular formula is C19H26N6O. The summed E-state index contributed by atoms with van der Waals surface area (Å²) in [6.45, 7) is 5.41. The Kier molecular flexibility index (Phi) is 4.61. The summed E-state index contributed by atoms with van der Waals surface area (Å²) in [5, 5.41) is 7.70. The predicted octanol–water partition coefficient (Wildman–Crippen LogP) is 2.16. The molecule has 0 atom stereocenters. The first-order valence-electron chi connectivity index (χ1n) is 9.51. The molecule has 0 unspecified atom stereocenters. The molecule has 1 saturated heterocycles. The SMILES string of the molecule is Cc1cc(C)n(-c2cc(N3CC(C(=O)NC4CCCCC4)C3)ncn2)n1. The van der Waals surface area contributed by atoms with E-state index in [0.717, 1.165) is 35.9 Å². The molecule has 26 heavy (non-hydrogen) atoms. The molecule has 2 aliphatic rings. The molecule has 0 aromatic carbocycles. The summed E-state index contributed by atoms with van der Waals surface area (Å²) >= 11 is 0. The Morgan fingerprint density at radius 2 is 1.81 bits per heavy atom. The second-order valence-electron chi connectivity index (χ2n) is 7.52. The zero-order chi connectivity index (χ0) is 18.1. The molecule has 4 rings (SSSR count). The first-order valence-corrected chi connectivity index (χ1v) is 9.51. The highest BCUT2D eigenvalue weighted by Crippen LogP contribution is 2.25. The molecule has 2 aromatic rings. The predicted molar refractivity (Wildman–Crippen MR) is 99.3 cm³/mol. The first kappa shape index (κ1) is 17.0. The number of aryl methyl sites for hydroxylation is 2. The third-order valence-corrected chi connectivity index (χ3v) is 5.39. The van der Waals surface area contributed by atoms with Gasteiger partial charge in [0.1, 0.15) is 12.1 Å². The summed E-state index contributed by atoms with van der Waals surface area (Å²) in [6.07, 6.45) is 7.58. The minimum atomic E-state index is 0.0593. The Morgan fingerprint density at radius 1 is 1.08 bits per heavy atom. The lowest BCUT2D eigenvalue weighted by Crippen LogP contribution is -2.55. The number of carbonyl (C=O) groups excluding carboxylic acids is 1. The third kappa shape index (κ3) is 3.43. The van der Waals surface area contributed by atoms with Crippen LogP contribution in [0.1, 0.15) is 43.5 Å². The van der Waals surface area contributed by atoms with Crippen LogP contribution in [0.5, 0.6) is 0 Å². The van der Waals surface area contributed by atoms with Gasteiger partial charge >= 0.3 is 0 Å². The topological polar surface area (TPSA) is 75.9 Å². The number of rotatable bonds is 4. The monoisotopic (exact) mass is 354 g/mol. The fourth-order valence-corrected chi connectivity index (χ4v) is 3.88. The minimum absolute atomic E-state index is 0.0593. The normalized spacial score (nSPS) is 18.6. The van der Waals surface area contributed by atoms with Gasteiger partial charge in [0.15, 0.2) is 5.82 Å². The van der Waals surface area contributed by atoms with E-state index in [2.05, 4.69) is 25.3 Å². The van der Waals surface area contributed by atoms with Crippen molar-refractivity contribution < 1.29 is 4.79 Å². The van der Waals surface area contributed by atoms with Gasteiger partial charge in [-0.3, -0.25) is 4.79 Å². The van der Waals surface area contributed by atoms with Crippen LogP contribution in [0.4, 0.5) is 5.82 Å². The molecular weight excluding hydrogens is 328 g/mol. The molecule has 0 radical (unpaired) electrons. The number of nitrogens with one attached hydrogen (secondary N) is 1. The van der Waals surface area contributed by atoms with E-state index in [1.807, 2.05) is 30.7 Å². The van der Waals surface area contributed by atoms with Crippen LogP contribution < -0.4 is 10.2 Å². The molecule has 1 amide bonds. The average molecular weight is 354 g/mol. The fraction of sp³-hybridized carbons (Fsp3) is 0.579. The first-order chi connectivity index (χ1) is 12.6. The number of hydrogen-bond acceptors (Lipinski definition) is 5. The Bertz CT molecular complexity index is 789. The van der Waals surface area contributed by atoms with Gasteiger partial charge in [0, 0.05) is 30.9 Å². The van der Waals surface area contributed by atoms with Crippen LogP contribution in [0.25, 0.3) is 5.82 Å². The van der Waals surface area contributed by atoms with Crippen molar-refractivity contribution in [1.29, 1.82) is 0 Å². The molecule has 1 saturated carbocycles. The van der Waals surface area contributed by atoms with Crippen molar-refractivity contribution in [2.45, 2.75) is 52.0 Å². The lowest BCUT2D eigenvalue weighted by molar-refractivity contribution is -0.126. The molecule has 138 valence electrons. The standard InChI is InChI=1S/C19H26N6O/c1-13-8-14(2)25(23-13)18-9-17(20-12-21-18)24-10-15(11-24)19(26)22-16-6-4-3-5-7-16/h8-9,12,15-16H,3-7,10-11H2,1-2H3,(H,22,26). The van der Waals surface area contributed by atoms with Crippen molar-refractivity contribution in [3.63, 3.8) is 0 Å². The molecule has 2 fully saturated rings. The van der Waals surface area contributed by atoms with E-state index in [1.165, 1.54) is 19.3 Å². The van der Waals surface area contributed by atoms with E-state index < -0.39 is 0 Å². The van der Waals surface area contributed by atoms with Crippen molar-refractivity contribution in [2.24, 2.45) is 5.92 Å². The Hall–Kier alpha value is -2.44. The maximum absolute atomic E-state index is 12.4. The lowest BCUT2D eigenvalue weighted by atomic mass is 9.93. The van der Waals surface area contributed by atoms with Gasteiger partial charge in [-0.2, -0.15) is 5.10 Å². The molecule has 1 aliphatic carbocycles. The number of hydrogen-bond donors (Lipinski definition) is 1. The van der Waals surface area contributed by atoms with E-state index >= 15 is 0 Å². The van der Waals surface area contributed by atoms with Gasteiger partial charge in [0.2, 0.25) is 5.91 Å². The van der Waals surface area contributed by atoms with Crippen LogP contribution in [0.2, 0.25) is 0 Å². The number of amides is 1. The summed E-state index contributed by atoms with van der Waals surface area (Å²) in [5.41, 5.74) is 2.01. The van der Waals surface area contributed by atoms with Crippen LogP contribution in [-0.4, -0.2) is 44.8 Å². The second kappa shape index (κ2) is 7.05. The van der Waals surface area contributed by atoms with Crippen LogP contribution in [-0.2, 0) is 4.79 Å². The molecule has 3 heterocycles. The molecule has 1 aliphatic heterocycles. The molecule has 2 aromatic heterocycles. The van der Waals surface area contributed by atoms with Crippen molar-refractivity contribution in [1.82, 2.24) is 25.1 Å². The van der Waals surface area contributed by atoms with Crippen molar-refractivity contribution >= 4 is 11.7 Å². The van der Waals surface area contributed by atoms with E-state index in [0.29, 0.717) is 19.1 Å². The minimum Gasteiger partial charge on any atom is -0.355 e. The van der Waals surface area contributed by atoms with Crippen molar-refractivity contribution in [3.05, 3.63) is 29.8 Å². The van der Waals surface area contributed by atoms with Crippen LogP contribution >= 0.6 is 0 Å². The summed E-state index contributed by atoms with van der Waals surface area (Å²) in [7, 11) is 0. The number of aromatic nitrogens is 4. The van der Waals surface area contributed by atoms with Gasteiger partial charge in [0.05, 0.1) is 11.6 Å². The maximum atomic E-state index is 12.4. The van der Waals surface area contributed by atoms with Gasteiger partial charge in [0.25, 0.3) is 0 Å². The van der Waals surface area contributed by atoms with Crippen molar-refractivity contribution in [2.75, 3.05) is 18.0 Å². The number of nitrogens with zero attached hydrogens (tertiary/aromatic N) is 5. The van der Waals surface area contributed by atoms with Crippen LogP contribution in [0.3, 0.4) is 0 Å². The maximum Gasteiger partial charge on any atom is 0.226 e. The Balaban J connectivity index is 1.37. The van der Waals surface area contributed by atoms with Crippen LogP contribution in [0.15, 0.2) is 18.5 Å². The molecule has 1 N–H and O–H groups in total. The zero-order valence-corrected chi connectivity index (χ0v) is 15.5. The highest BCUT2D eigenvalue weighted by Gasteiger charge is 2.34. The lowest BCUT2D eigenvalue weighted by Gasteiger charge is -2.40. The molecule has 7 heteroatoms. The summed E-state index contributed by atoms with van der Waals surface area (Å²) < 4.78 is 1.83. The van der Waals surface area contributed by atoms with Crippen LogP contribution in [0, 0.1) is 19.8 Å². The molecule has 0 bridgehead atoms. The van der Waals surface area contributed by atoms with E-state index in [1.54, 1.807) is 6.33 Å². The van der Waals surface area contributed by atoms with Gasteiger partial charge in [-0.1, -0.05) is 19.3 Å². The highest BCUT2D eigenvalue weighted by molar-refractivity contribution is 5.82. The van der Waals surface area contributed by atoms with E-state index in [4.69, 9.17) is 0 Å². The molecule has 7 nitrogen and oxygen atoms in total. The van der Waals surface area contributed by atoms with Gasteiger partial charge in [-0.15, -0.1) is 0 Å². The van der Waals surface area contributed by atoms with Crippen molar-refractivity contribution in [3.8, 4) is 5.82 Å². The fourth-order valence-electron chi connectivity index (χ4n) is 3.88. The number of carbonyl (C=O) groups is 1. The molecule has 0 spiro atoms. The van der Waals surface area contributed by atoms with E-state index in [-0.39, 0.29) is 11.8 Å². The highest BCUT2D eigenvalue weighted by atomic mass is 16.2. The van der Waals surface area contributed by atoms with Gasteiger partial charge in [-0.05, 0) is 32.8 Å².